The maximum absolute atomic E-state index is 12.0. The highest BCUT2D eigenvalue weighted by molar-refractivity contribution is 7.89. The van der Waals surface area contributed by atoms with E-state index >= 15 is 0 Å². The maximum Gasteiger partial charge on any atom is 0.317 e. The van der Waals surface area contributed by atoms with Crippen LogP contribution in [0.25, 0.3) is 0 Å². The first-order chi connectivity index (χ1) is 9.80. The Balaban J connectivity index is 2.43. The van der Waals surface area contributed by atoms with Gasteiger partial charge in [-0.05, 0) is 13.8 Å². The second-order valence-corrected chi connectivity index (χ2v) is 7.38. The summed E-state index contributed by atoms with van der Waals surface area (Å²) in [5, 5.41) is 2.68. The van der Waals surface area contributed by atoms with Gasteiger partial charge in [0, 0.05) is 32.7 Å². The van der Waals surface area contributed by atoms with Crippen LogP contribution < -0.4 is 5.32 Å². The summed E-state index contributed by atoms with van der Waals surface area (Å²) in [4.78, 5) is 13.7. The number of hydrogen-bond acceptors (Lipinski definition) is 4. The molecule has 1 saturated heterocycles. The third-order valence-corrected chi connectivity index (χ3v) is 5.47. The summed E-state index contributed by atoms with van der Waals surface area (Å²) in [6.07, 6.45) is -0.00202. The fourth-order valence-electron chi connectivity index (χ4n) is 2.49. The minimum absolute atomic E-state index is 0.00101. The Kier molecular flexibility index (Phi) is 6.89. The summed E-state index contributed by atoms with van der Waals surface area (Å²) in [5.74, 6) is -0.0735. The van der Waals surface area contributed by atoms with E-state index in [1.807, 2.05) is 13.8 Å². The van der Waals surface area contributed by atoms with E-state index in [2.05, 4.69) is 5.32 Å². The minimum Gasteiger partial charge on any atom is -0.372 e. The summed E-state index contributed by atoms with van der Waals surface area (Å²) in [6, 6.07) is -0.230. The zero-order valence-corrected chi connectivity index (χ0v) is 14.1. The molecular weight excluding hydrogens is 294 g/mol. The van der Waals surface area contributed by atoms with E-state index in [0.29, 0.717) is 26.2 Å². The van der Waals surface area contributed by atoms with Crippen molar-refractivity contribution in [1.82, 2.24) is 14.5 Å². The number of carbonyl (C=O) groups is 1. The highest BCUT2D eigenvalue weighted by atomic mass is 32.2. The van der Waals surface area contributed by atoms with E-state index < -0.39 is 10.0 Å². The number of sulfonamides is 1. The first kappa shape index (κ1) is 18.2. The quantitative estimate of drug-likeness (QED) is 0.771. The summed E-state index contributed by atoms with van der Waals surface area (Å²) >= 11 is 0. The lowest BCUT2D eigenvalue weighted by Gasteiger charge is -2.35. The van der Waals surface area contributed by atoms with Crippen LogP contribution in [0.3, 0.4) is 0 Å². The molecular formula is C13H27N3O4S. The molecule has 7 nitrogen and oxygen atoms in total. The number of rotatable bonds is 6. The Morgan fingerprint density at radius 3 is 2.24 bits per heavy atom. The molecule has 0 spiro atoms. The molecule has 0 aliphatic carbocycles. The van der Waals surface area contributed by atoms with Crippen molar-refractivity contribution in [1.29, 1.82) is 0 Å². The molecule has 1 aliphatic rings. The average Bonchev–Trinajstić information content (AvgIpc) is 2.38. The smallest absolute Gasteiger partial charge is 0.317 e. The Morgan fingerprint density at radius 2 is 1.76 bits per heavy atom. The summed E-state index contributed by atoms with van der Waals surface area (Å²) < 4.78 is 31.0. The van der Waals surface area contributed by atoms with E-state index in [4.69, 9.17) is 4.74 Å². The summed E-state index contributed by atoms with van der Waals surface area (Å²) in [6.45, 7) is 9.51. The number of ether oxygens (including phenoxy) is 1. The fourth-order valence-corrected chi connectivity index (χ4v) is 3.89. The van der Waals surface area contributed by atoms with Gasteiger partial charge in [0.2, 0.25) is 10.0 Å². The molecule has 2 amide bonds. The number of morpholine rings is 1. The van der Waals surface area contributed by atoms with Gasteiger partial charge in [-0.2, -0.15) is 0 Å². The topological polar surface area (TPSA) is 79.0 Å². The van der Waals surface area contributed by atoms with Gasteiger partial charge in [0.15, 0.2) is 0 Å². The zero-order valence-electron chi connectivity index (χ0n) is 13.3. The van der Waals surface area contributed by atoms with Crippen LogP contribution >= 0.6 is 0 Å². The molecule has 0 radical (unpaired) electrons. The van der Waals surface area contributed by atoms with Crippen molar-refractivity contribution in [3.05, 3.63) is 0 Å². The number of carbonyl (C=O) groups excluding carboxylic acids is 1. The molecule has 0 aromatic carbocycles. The number of nitrogens with one attached hydrogen (secondary N) is 1. The van der Waals surface area contributed by atoms with Gasteiger partial charge < -0.3 is 15.0 Å². The van der Waals surface area contributed by atoms with Gasteiger partial charge in [-0.3, -0.25) is 0 Å². The van der Waals surface area contributed by atoms with Crippen LogP contribution in [-0.4, -0.2) is 74.3 Å². The lowest BCUT2D eigenvalue weighted by Crippen LogP contribution is -2.52. The molecule has 1 aliphatic heterocycles. The lowest BCUT2D eigenvalue weighted by atomic mass is 10.2. The SMILES string of the molecule is CCN(CC)S(=O)(=O)CCNC(=O)N1C[C@@H](C)O[C@H](C)C1. The molecule has 0 saturated carbocycles. The predicted octanol–water partition coefficient (Wildman–Crippen LogP) is 0.477. The standard InChI is InChI=1S/C13H27N3O4S/c1-5-16(6-2)21(18,19)8-7-14-13(17)15-9-11(3)20-12(4)10-15/h11-12H,5-10H2,1-4H3,(H,14,17)/t11-,12-/m1/s1. The largest absolute Gasteiger partial charge is 0.372 e. The van der Waals surface area contributed by atoms with Crippen molar-refractivity contribution < 1.29 is 17.9 Å². The van der Waals surface area contributed by atoms with Crippen molar-refractivity contribution in [3.63, 3.8) is 0 Å². The molecule has 1 heterocycles. The van der Waals surface area contributed by atoms with Gasteiger partial charge in [0.1, 0.15) is 0 Å². The molecule has 0 unspecified atom stereocenters. The van der Waals surface area contributed by atoms with E-state index in [1.54, 1.807) is 18.7 Å². The molecule has 2 atom stereocenters. The van der Waals surface area contributed by atoms with Crippen LogP contribution in [0.2, 0.25) is 0 Å². The third-order valence-electron chi connectivity index (χ3n) is 3.44. The Bertz CT molecular complexity index is 427. The van der Waals surface area contributed by atoms with Gasteiger partial charge in [0.05, 0.1) is 18.0 Å². The average molecular weight is 321 g/mol. The fraction of sp³-hybridized carbons (Fsp3) is 0.923. The van der Waals surface area contributed by atoms with Gasteiger partial charge in [-0.15, -0.1) is 0 Å². The molecule has 1 N–H and O–H groups in total. The van der Waals surface area contributed by atoms with Gasteiger partial charge >= 0.3 is 6.03 Å². The number of urea groups is 1. The van der Waals surface area contributed by atoms with Crippen molar-refractivity contribution in [2.45, 2.75) is 39.9 Å². The van der Waals surface area contributed by atoms with E-state index in [0.717, 1.165) is 0 Å². The van der Waals surface area contributed by atoms with Gasteiger partial charge in [0.25, 0.3) is 0 Å². The van der Waals surface area contributed by atoms with Crippen molar-refractivity contribution in [3.8, 4) is 0 Å². The molecule has 0 aromatic rings. The second-order valence-electron chi connectivity index (χ2n) is 5.29. The third kappa shape index (κ3) is 5.44. The molecule has 8 heteroatoms. The zero-order chi connectivity index (χ0) is 16.0. The molecule has 124 valence electrons. The summed E-state index contributed by atoms with van der Waals surface area (Å²) in [5.41, 5.74) is 0. The highest BCUT2D eigenvalue weighted by Crippen LogP contribution is 2.10. The van der Waals surface area contributed by atoms with Crippen LogP contribution in [0, 0.1) is 0 Å². The first-order valence-electron chi connectivity index (χ1n) is 7.46. The molecule has 1 rings (SSSR count). The van der Waals surface area contributed by atoms with E-state index in [-0.39, 0.29) is 30.5 Å². The van der Waals surface area contributed by atoms with E-state index in [9.17, 15) is 13.2 Å². The van der Waals surface area contributed by atoms with Gasteiger partial charge in [-0.1, -0.05) is 13.8 Å². The second kappa shape index (κ2) is 7.95. The van der Waals surface area contributed by atoms with Crippen molar-refractivity contribution >= 4 is 16.1 Å². The Labute approximate surface area is 127 Å². The highest BCUT2D eigenvalue weighted by Gasteiger charge is 2.26. The Morgan fingerprint density at radius 1 is 1.24 bits per heavy atom. The normalized spacial score (nSPS) is 23.4. The summed E-state index contributed by atoms with van der Waals surface area (Å²) in [7, 11) is -3.30. The monoisotopic (exact) mass is 321 g/mol. The predicted molar refractivity (Wildman–Crippen MR) is 81.7 cm³/mol. The van der Waals surface area contributed by atoms with Crippen LogP contribution in [0.15, 0.2) is 0 Å². The first-order valence-corrected chi connectivity index (χ1v) is 9.07. The van der Waals surface area contributed by atoms with Crippen LogP contribution in [-0.2, 0) is 14.8 Å². The molecule has 0 aromatic heterocycles. The van der Waals surface area contributed by atoms with Crippen molar-refractivity contribution in [2.75, 3.05) is 38.5 Å². The number of hydrogen-bond donors (Lipinski definition) is 1. The van der Waals surface area contributed by atoms with Crippen molar-refractivity contribution in [2.24, 2.45) is 0 Å². The van der Waals surface area contributed by atoms with Crippen LogP contribution in [0.1, 0.15) is 27.7 Å². The number of nitrogens with zero attached hydrogens (tertiary/aromatic N) is 2. The molecule has 1 fully saturated rings. The number of amides is 2. The van der Waals surface area contributed by atoms with E-state index in [1.165, 1.54) is 4.31 Å². The van der Waals surface area contributed by atoms with Gasteiger partial charge in [-0.25, -0.2) is 17.5 Å². The minimum atomic E-state index is -3.30. The lowest BCUT2D eigenvalue weighted by molar-refractivity contribution is -0.0544. The van der Waals surface area contributed by atoms with Crippen LogP contribution in [0.5, 0.6) is 0 Å². The maximum atomic E-state index is 12.0. The van der Waals surface area contributed by atoms with Crippen LogP contribution in [0.4, 0.5) is 4.79 Å². The molecule has 0 bridgehead atoms. The Hall–Kier alpha value is -0.860. The molecule has 21 heavy (non-hydrogen) atoms.